The van der Waals surface area contributed by atoms with Crippen molar-refractivity contribution >= 4 is 5.69 Å². The lowest BCUT2D eigenvalue weighted by Crippen LogP contribution is -2.06. The highest BCUT2D eigenvalue weighted by Gasteiger charge is 2.28. The SMILES string of the molecule is N#Cc1cc(N)cnc1-c1c(F)c(F)c(F)c(F)c1F. The van der Waals surface area contributed by atoms with Crippen LogP contribution in [0.4, 0.5) is 27.6 Å². The first-order valence-electron chi connectivity index (χ1n) is 5.06. The lowest BCUT2D eigenvalue weighted by molar-refractivity contribution is 0.381. The topological polar surface area (TPSA) is 62.7 Å². The van der Waals surface area contributed by atoms with E-state index in [4.69, 9.17) is 11.0 Å². The van der Waals surface area contributed by atoms with Crippen LogP contribution < -0.4 is 5.73 Å². The molecule has 0 radical (unpaired) electrons. The molecular weight excluding hydrogens is 281 g/mol. The fraction of sp³-hybridized carbons (Fsp3) is 0. The van der Waals surface area contributed by atoms with Gasteiger partial charge in [0.1, 0.15) is 6.07 Å². The van der Waals surface area contributed by atoms with Crippen molar-refractivity contribution in [2.45, 2.75) is 0 Å². The Morgan fingerprint density at radius 2 is 1.45 bits per heavy atom. The Hall–Kier alpha value is -2.69. The van der Waals surface area contributed by atoms with Gasteiger partial charge in [0.2, 0.25) is 5.82 Å². The Morgan fingerprint density at radius 3 is 1.95 bits per heavy atom. The van der Waals surface area contributed by atoms with Crippen LogP contribution in [0.1, 0.15) is 5.56 Å². The molecule has 0 spiro atoms. The maximum absolute atomic E-state index is 13.6. The molecule has 0 fully saturated rings. The third-order valence-electron chi connectivity index (χ3n) is 2.48. The van der Waals surface area contributed by atoms with Gasteiger partial charge in [0.15, 0.2) is 23.3 Å². The molecule has 0 aliphatic carbocycles. The number of rotatable bonds is 1. The summed E-state index contributed by atoms with van der Waals surface area (Å²) < 4.78 is 66.3. The predicted octanol–water partition coefficient (Wildman–Crippen LogP) is 2.90. The highest BCUT2D eigenvalue weighted by molar-refractivity contribution is 5.69. The van der Waals surface area contributed by atoms with Crippen molar-refractivity contribution in [2.75, 3.05) is 5.73 Å². The Bertz CT molecular complexity index is 723. The quantitative estimate of drug-likeness (QED) is 0.498. The normalized spacial score (nSPS) is 10.4. The van der Waals surface area contributed by atoms with Crippen LogP contribution in [-0.2, 0) is 0 Å². The Balaban J connectivity index is 2.88. The summed E-state index contributed by atoms with van der Waals surface area (Å²) in [4.78, 5) is 3.47. The molecule has 2 N–H and O–H groups in total. The monoisotopic (exact) mass is 285 g/mol. The molecule has 20 heavy (non-hydrogen) atoms. The van der Waals surface area contributed by atoms with Gasteiger partial charge in [0.25, 0.3) is 0 Å². The van der Waals surface area contributed by atoms with Gasteiger partial charge in [-0.3, -0.25) is 4.98 Å². The number of nitrogens with zero attached hydrogens (tertiary/aromatic N) is 2. The molecule has 0 bridgehead atoms. The summed E-state index contributed by atoms with van der Waals surface area (Å²) in [7, 11) is 0. The second kappa shape index (κ2) is 4.77. The smallest absolute Gasteiger partial charge is 0.200 e. The van der Waals surface area contributed by atoms with E-state index in [9.17, 15) is 22.0 Å². The van der Waals surface area contributed by atoms with E-state index in [1.165, 1.54) is 6.07 Å². The number of pyridine rings is 1. The number of benzene rings is 1. The van der Waals surface area contributed by atoms with E-state index < -0.39 is 45.9 Å². The molecule has 8 heteroatoms. The lowest BCUT2D eigenvalue weighted by Gasteiger charge is -2.09. The van der Waals surface area contributed by atoms with Crippen LogP contribution in [0.15, 0.2) is 12.3 Å². The van der Waals surface area contributed by atoms with Gasteiger partial charge in [-0.05, 0) is 6.07 Å². The van der Waals surface area contributed by atoms with Crippen molar-refractivity contribution in [1.82, 2.24) is 4.98 Å². The Kier molecular flexibility index (Phi) is 3.28. The van der Waals surface area contributed by atoms with Gasteiger partial charge in [-0.1, -0.05) is 0 Å². The molecule has 0 amide bonds. The molecule has 0 atom stereocenters. The van der Waals surface area contributed by atoms with E-state index in [1.807, 2.05) is 0 Å². The van der Waals surface area contributed by atoms with Crippen LogP contribution in [0.5, 0.6) is 0 Å². The van der Waals surface area contributed by atoms with Crippen LogP contribution in [0.25, 0.3) is 11.3 Å². The second-order valence-electron chi connectivity index (χ2n) is 3.72. The van der Waals surface area contributed by atoms with Crippen molar-refractivity contribution in [2.24, 2.45) is 0 Å². The molecular formula is C12H4F5N3. The van der Waals surface area contributed by atoms with Gasteiger partial charge in [-0.25, -0.2) is 22.0 Å². The van der Waals surface area contributed by atoms with Gasteiger partial charge in [0.05, 0.1) is 28.7 Å². The van der Waals surface area contributed by atoms with E-state index in [0.717, 1.165) is 12.3 Å². The summed E-state index contributed by atoms with van der Waals surface area (Å²) >= 11 is 0. The summed E-state index contributed by atoms with van der Waals surface area (Å²) in [5.41, 5.74) is 2.99. The van der Waals surface area contributed by atoms with Crippen LogP contribution >= 0.6 is 0 Å². The third-order valence-corrected chi connectivity index (χ3v) is 2.48. The minimum atomic E-state index is -2.28. The lowest BCUT2D eigenvalue weighted by atomic mass is 10.0. The first-order valence-corrected chi connectivity index (χ1v) is 5.06. The Morgan fingerprint density at radius 1 is 0.950 bits per heavy atom. The van der Waals surface area contributed by atoms with E-state index in [-0.39, 0.29) is 5.69 Å². The van der Waals surface area contributed by atoms with Gasteiger partial charge in [-0.15, -0.1) is 0 Å². The standard InChI is InChI=1S/C12H4F5N3/c13-7-6(8(14)10(16)11(17)9(7)15)12-4(2-18)1-5(19)3-20-12/h1,3H,19H2. The van der Waals surface area contributed by atoms with Crippen molar-refractivity contribution in [3.63, 3.8) is 0 Å². The van der Waals surface area contributed by atoms with Gasteiger partial charge in [-0.2, -0.15) is 5.26 Å². The highest BCUT2D eigenvalue weighted by Crippen LogP contribution is 2.32. The second-order valence-corrected chi connectivity index (χ2v) is 3.72. The molecule has 0 saturated heterocycles. The minimum absolute atomic E-state index is 0.00849. The first kappa shape index (κ1) is 13.7. The summed E-state index contributed by atoms with van der Waals surface area (Å²) in [6, 6.07) is 2.54. The molecule has 1 aromatic carbocycles. The van der Waals surface area contributed by atoms with E-state index in [1.54, 1.807) is 0 Å². The van der Waals surface area contributed by atoms with E-state index in [2.05, 4.69) is 4.98 Å². The third kappa shape index (κ3) is 1.93. The molecule has 2 rings (SSSR count). The average Bonchev–Trinajstić information content (AvgIpc) is 2.44. The van der Waals surface area contributed by atoms with Gasteiger partial charge < -0.3 is 5.73 Å². The molecule has 0 aliphatic heterocycles. The molecule has 0 saturated carbocycles. The largest absolute Gasteiger partial charge is 0.397 e. The summed E-state index contributed by atoms with van der Waals surface area (Å²) in [5.74, 6) is -10.6. The van der Waals surface area contributed by atoms with Crippen molar-refractivity contribution in [3.8, 4) is 17.3 Å². The molecule has 102 valence electrons. The Labute approximate surface area is 109 Å². The molecule has 3 nitrogen and oxygen atoms in total. The maximum atomic E-state index is 13.6. The summed E-state index contributed by atoms with van der Waals surface area (Å²) in [5, 5.41) is 8.83. The van der Waals surface area contributed by atoms with Crippen LogP contribution in [0.3, 0.4) is 0 Å². The van der Waals surface area contributed by atoms with Gasteiger partial charge >= 0.3 is 0 Å². The number of nitriles is 1. The molecule has 1 aromatic heterocycles. The zero-order valence-corrected chi connectivity index (χ0v) is 9.52. The predicted molar refractivity (Wildman–Crippen MR) is 58.6 cm³/mol. The summed E-state index contributed by atoms with van der Waals surface area (Å²) in [6.45, 7) is 0. The zero-order chi connectivity index (χ0) is 15.0. The number of anilines is 1. The molecule has 2 aromatic rings. The highest BCUT2D eigenvalue weighted by atomic mass is 19.2. The fourth-order valence-corrected chi connectivity index (χ4v) is 1.58. The number of nitrogen functional groups attached to an aromatic ring is 1. The van der Waals surface area contributed by atoms with Crippen LogP contribution in [0, 0.1) is 40.4 Å². The average molecular weight is 285 g/mol. The van der Waals surface area contributed by atoms with Crippen LogP contribution in [0.2, 0.25) is 0 Å². The molecule has 0 aliphatic rings. The fourth-order valence-electron chi connectivity index (χ4n) is 1.58. The zero-order valence-electron chi connectivity index (χ0n) is 9.52. The first-order chi connectivity index (χ1) is 9.38. The number of hydrogen-bond acceptors (Lipinski definition) is 3. The maximum Gasteiger partial charge on any atom is 0.200 e. The van der Waals surface area contributed by atoms with Crippen molar-refractivity contribution < 1.29 is 22.0 Å². The van der Waals surface area contributed by atoms with Crippen molar-refractivity contribution in [1.29, 1.82) is 5.26 Å². The minimum Gasteiger partial charge on any atom is -0.397 e. The molecule has 1 heterocycles. The van der Waals surface area contributed by atoms with Gasteiger partial charge in [0, 0.05) is 0 Å². The van der Waals surface area contributed by atoms with E-state index in [0.29, 0.717) is 0 Å². The van der Waals surface area contributed by atoms with E-state index >= 15 is 0 Å². The number of hydrogen-bond donors (Lipinski definition) is 1. The molecule has 0 unspecified atom stereocenters. The number of halogens is 5. The van der Waals surface area contributed by atoms with Crippen LogP contribution in [-0.4, -0.2) is 4.98 Å². The summed E-state index contributed by atoms with van der Waals surface area (Å²) in [6.07, 6.45) is 0.939. The number of aromatic nitrogens is 1. The van der Waals surface area contributed by atoms with Crippen molar-refractivity contribution in [3.05, 3.63) is 46.9 Å². The number of nitrogens with two attached hydrogens (primary N) is 1.